The highest BCUT2D eigenvalue weighted by Crippen LogP contribution is 2.26. The van der Waals surface area contributed by atoms with Crippen molar-refractivity contribution in [1.29, 1.82) is 0 Å². The standard InChI is InChI=1S/C22H24FN5O2S/c1-3-14(2)18(25-21(30)24-13-15-7-5-4-6-8-15)19(29)26-22-28-27-20(31-22)16-9-11-17(23)12-10-16/h4-12,14,18H,3,13H2,1-2H3,(H2,24,25,30)(H,26,28,29). The van der Waals surface area contributed by atoms with Gasteiger partial charge in [0, 0.05) is 12.1 Å². The van der Waals surface area contributed by atoms with Gasteiger partial charge in [0.1, 0.15) is 16.9 Å². The van der Waals surface area contributed by atoms with Crippen molar-refractivity contribution in [3.8, 4) is 10.6 Å². The van der Waals surface area contributed by atoms with Crippen LogP contribution in [0.4, 0.5) is 14.3 Å². The van der Waals surface area contributed by atoms with Gasteiger partial charge in [0.25, 0.3) is 0 Å². The van der Waals surface area contributed by atoms with Crippen LogP contribution < -0.4 is 16.0 Å². The average Bonchev–Trinajstić information content (AvgIpc) is 3.25. The molecule has 162 valence electrons. The zero-order chi connectivity index (χ0) is 22.2. The number of hydrogen-bond acceptors (Lipinski definition) is 5. The van der Waals surface area contributed by atoms with E-state index in [4.69, 9.17) is 0 Å². The van der Waals surface area contributed by atoms with Crippen molar-refractivity contribution in [2.45, 2.75) is 32.9 Å². The molecule has 3 N–H and O–H groups in total. The van der Waals surface area contributed by atoms with Gasteiger partial charge in [0.05, 0.1) is 0 Å². The molecule has 0 aliphatic carbocycles. The molecule has 0 saturated carbocycles. The molecule has 2 unspecified atom stereocenters. The highest BCUT2D eigenvalue weighted by molar-refractivity contribution is 7.18. The molecule has 31 heavy (non-hydrogen) atoms. The van der Waals surface area contributed by atoms with Crippen LogP contribution in [0.3, 0.4) is 0 Å². The van der Waals surface area contributed by atoms with Crippen LogP contribution >= 0.6 is 11.3 Å². The highest BCUT2D eigenvalue weighted by atomic mass is 32.1. The van der Waals surface area contributed by atoms with E-state index in [1.807, 2.05) is 44.2 Å². The monoisotopic (exact) mass is 441 g/mol. The molecule has 0 fully saturated rings. The van der Waals surface area contributed by atoms with Gasteiger partial charge in [-0.05, 0) is 35.7 Å². The van der Waals surface area contributed by atoms with Gasteiger partial charge in [-0.2, -0.15) is 0 Å². The zero-order valence-electron chi connectivity index (χ0n) is 17.3. The smallest absolute Gasteiger partial charge is 0.315 e. The topological polar surface area (TPSA) is 96.0 Å². The molecular formula is C22H24FN5O2S. The van der Waals surface area contributed by atoms with Crippen molar-refractivity contribution in [2.75, 3.05) is 5.32 Å². The Hall–Kier alpha value is -3.33. The van der Waals surface area contributed by atoms with Gasteiger partial charge in [-0.1, -0.05) is 61.9 Å². The molecule has 7 nitrogen and oxygen atoms in total. The Bertz CT molecular complexity index is 1010. The van der Waals surface area contributed by atoms with Crippen molar-refractivity contribution in [2.24, 2.45) is 5.92 Å². The summed E-state index contributed by atoms with van der Waals surface area (Å²) in [6.45, 7) is 4.21. The maximum absolute atomic E-state index is 13.1. The Labute approximate surface area is 184 Å². The summed E-state index contributed by atoms with van der Waals surface area (Å²) in [7, 11) is 0. The molecule has 1 heterocycles. The van der Waals surface area contributed by atoms with Gasteiger partial charge in [-0.15, -0.1) is 10.2 Å². The Morgan fingerprint density at radius 1 is 1.06 bits per heavy atom. The number of rotatable bonds is 8. The molecule has 1 aromatic heterocycles. The molecule has 3 amide bonds. The van der Waals surface area contributed by atoms with E-state index in [2.05, 4.69) is 26.1 Å². The van der Waals surface area contributed by atoms with Crippen LogP contribution in [0.2, 0.25) is 0 Å². The van der Waals surface area contributed by atoms with Crippen molar-refractivity contribution >= 4 is 28.4 Å². The number of nitrogens with zero attached hydrogens (tertiary/aromatic N) is 2. The van der Waals surface area contributed by atoms with E-state index in [9.17, 15) is 14.0 Å². The summed E-state index contributed by atoms with van der Waals surface area (Å²) in [6, 6.07) is 14.2. The summed E-state index contributed by atoms with van der Waals surface area (Å²) in [5.74, 6) is -0.798. The van der Waals surface area contributed by atoms with Gasteiger partial charge < -0.3 is 10.6 Å². The predicted octanol–water partition coefficient (Wildman–Crippen LogP) is 4.20. The zero-order valence-corrected chi connectivity index (χ0v) is 18.1. The summed E-state index contributed by atoms with van der Waals surface area (Å²) in [5.41, 5.74) is 1.67. The number of halogens is 1. The molecule has 2 aromatic carbocycles. The first-order valence-electron chi connectivity index (χ1n) is 9.95. The number of aromatic nitrogens is 2. The number of nitrogens with one attached hydrogen (secondary N) is 3. The lowest BCUT2D eigenvalue weighted by atomic mass is 9.98. The van der Waals surface area contributed by atoms with Gasteiger partial charge >= 0.3 is 6.03 Å². The molecule has 0 saturated heterocycles. The number of hydrogen-bond donors (Lipinski definition) is 3. The van der Waals surface area contributed by atoms with Crippen LogP contribution in [0.5, 0.6) is 0 Å². The second-order valence-electron chi connectivity index (χ2n) is 7.08. The maximum Gasteiger partial charge on any atom is 0.315 e. The average molecular weight is 442 g/mol. The molecule has 9 heteroatoms. The molecule has 3 rings (SSSR count). The van der Waals surface area contributed by atoms with Crippen LogP contribution in [0.15, 0.2) is 54.6 Å². The van der Waals surface area contributed by atoms with Crippen molar-refractivity contribution in [1.82, 2.24) is 20.8 Å². The number of anilines is 1. The van der Waals surface area contributed by atoms with Crippen LogP contribution in [-0.4, -0.2) is 28.2 Å². The minimum absolute atomic E-state index is 0.0908. The molecule has 3 aromatic rings. The van der Waals surface area contributed by atoms with E-state index >= 15 is 0 Å². The third-order valence-electron chi connectivity index (χ3n) is 4.82. The third-order valence-corrected chi connectivity index (χ3v) is 5.71. The fraction of sp³-hybridized carbons (Fsp3) is 0.273. The van der Waals surface area contributed by atoms with Gasteiger partial charge in [0.15, 0.2) is 0 Å². The summed E-state index contributed by atoms with van der Waals surface area (Å²) < 4.78 is 13.1. The van der Waals surface area contributed by atoms with E-state index < -0.39 is 12.1 Å². The van der Waals surface area contributed by atoms with Gasteiger partial charge in [0.2, 0.25) is 11.0 Å². The minimum Gasteiger partial charge on any atom is -0.334 e. The molecular weight excluding hydrogens is 417 g/mol. The SMILES string of the molecule is CCC(C)C(NC(=O)NCc1ccccc1)C(=O)Nc1nnc(-c2ccc(F)cc2)s1. The molecule has 0 spiro atoms. The van der Waals surface area contributed by atoms with Gasteiger partial charge in [-0.3, -0.25) is 10.1 Å². The lowest BCUT2D eigenvalue weighted by Crippen LogP contribution is -2.50. The quantitative estimate of drug-likeness (QED) is 0.488. The van der Waals surface area contributed by atoms with E-state index in [1.54, 1.807) is 12.1 Å². The number of urea groups is 1. The van der Waals surface area contributed by atoms with Crippen molar-refractivity contribution in [3.05, 3.63) is 66.0 Å². The Kier molecular flexibility index (Phi) is 7.66. The lowest BCUT2D eigenvalue weighted by Gasteiger charge is -2.23. The van der Waals surface area contributed by atoms with Crippen LogP contribution in [0.1, 0.15) is 25.8 Å². The summed E-state index contributed by atoms with van der Waals surface area (Å²) in [4.78, 5) is 25.2. The van der Waals surface area contributed by atoms with Crippen molar-refractivity contribution in [3.63, 3.8) is 0 Å². The van der Waals surface area contributed by atoms with Crippen LogP contribution in [0.25, 0.3) is 10.6 Å². The van der Waals surface area contributed by atoms with E-state index in [0.29, 0.717) is 28.7 Å². The van der Waals surface area contributed by atoms with Crippen LogP contribution in [-0.2, 0) is 11.3 Å². The van der Waals surface area contributed by atoms with E-state index in [0.717, 1.165) is 5.56 Å². The minimum atomic E-state index is -0.737. The number of carbonyl (C=O) groups is 2. The van der Waals surface area contributed by atoms with Crippen LogP contribution in [0, 0.1) is 11.7 Å². The number of amides is 3. The summed E-state index contributed by atoms with van der Waals surface area (Å²) >= 11 is 1.18. The molecule has 0 aliphatic heterocycles. The van der Waals surface area contributed by atoms with E-state index in [1.165, 1.54) is 23.5 Å². The Morgan fingerprint density at radius 3 is 2.45 bits per heavy atom. The number of carbonyl (C=O) groups excluding carboxylic acids is 2. The second kappa shape index (κ2) is 10.6. The normalized spacial score (nSPS) is 12.6. The second-order valence-corrected chi connectivity index (χ2v) is 8.06. The first-order chi connectivity index (χ1) is 15.0. The Balaban J connectivity index is 1.62. The third kappa shape index (κ3) is 6.32. The van der Waals surface area contributed by atoms with Crippen molar-refractivity contribution < 1.29 is 14.0 Å². The largest absolute Gasteiger partial charge is 0.334 e. The molecule has 0 radical (unpaired) electrons. The fourth-order valence-electron chi connectivity index (χ4n) is 2.84. The maximum atomic E-state index is 13.1. The fourth-order valence-corrected chi connectivity index (χ4v) is 3.59. The van der Waals surface area contributed by atoms with Gasteiger partial charge in [-0.25, -0.2) is 9.18 Å². The Morgan fingerprint density at radius 2 is 1.77 bits per heavy atom. The molecule has 0 aliphatic rings. The first-order valence-corrected chi connectivity index (χ1v) is 10.8. The predicted molar refractivity (Wildman–Crippen MR) is 119 cm³/mol. The number of benzene rings is 2. The first kappa shape index (κ1) is 22.4. The summed E-state index contributed by atoms with van der Waals surface area (Å²) in [6.07, 6.45) is 0.702. The molecule has 2 atom stereocenters. The lowest BCUT2D eigenvalue weighted by molar-refractivity contribution is -0.119. The van der Waals surface area contributed by atoms with E-state index in [-0.39, 0.29) is 17.6 Å². The highest BCUT2D eigenvalue weighted by Gasteiger charge is 2.27. The molecule has 0 bridgehead atoms. The summed E-state index contributed by atoms with van der Waals surface area (Å²) in [5, 5.41) is 17.2.